The van der Waals surface area contributed by atoms with Crippen molar-refractivity contribution >= 4 is 49.0 Å². The van der Waals surface area contributed by atoms with Gasteiger partial charge in [0.05, 0.1) is 27.8 Å². The largest absolute Gasteiger partial charge is 0.291 e. The highest BCUT2D eigenvalue weighted by molar-refractivity contribution is 6.27. The van der Waals surface area contributed by atoms with E-state index in [0.29, 0.717) is 17.6 Å². The standard InChI is InChI=1S/C48H30N6/c1-5-17-31(18-6-1)42-44-37-27-14-13-26-36(37)41-40(53(44)47(49-42)34-23-11-4-12-24-34)30-29-38-35-25-15-16-28-39(35)54(43(38)41)48-51-45(32-19-7-2-8-20-32)50-46(52-48)33-21-9-3-10-22-33/h1-30H. The van der Waals surface area contributed by atoms with Gasteiger partial charge in [-0.05, 0) is 17.5 Å². The van der Waals surface area contributed by atoms with Crippen molar-refractivity contribution in [1.82, 2.24) is 28.9 Å². The van der Waals surface area contributed by atoms with Crippen molar-refractivity contribution in [2.24, 2.45) is 0 Å². The normalized spacial score (nSPS) is 11.7. The number of aromatic nitrogens is 6. The Labute approximate surface area is 310 Å². The molecule has 11 rings (SSSR count). The Morgan fingerprint density at radius 1 is 0.333 bits per heavy atom. The Bertz CT molecular complexity index is 3130. The minimum atomic E-state index is 0.560. The monoisotopic (exact) mass is 690 g/mol. The van der Waals surface area contributed by atoms with Crippen molar-refractivity contribution < 1.29 is 0 Å². The summed E-state index contributed by atoms with van der Waals surface area (Å²) in [4.78, 5) is 21.0. The first-order valence-corrected chi connectivity index (χ1v) is 18.1. The number of pyridine rings is 1. The number of nitrogens with zero attached hydrogens (tertiary/aromatic N) is 6. The number of hydrogen-bond donors (Lipinski definition) is 0. The van der Waals surface area contributed by atoms with Gasteiger partial charge in [0, 0.05) is 43.8 Å². The summed E-state index contributed by atoms with van der Waals surface area (Å²) in [6.45, 7) is 0. The van der Waals surface area contributed by atoms with Crippen molar-refractivity contribution in [3.05, 3.63) is 182 Å². The van der Waals surface area contributed by atoms with E-state index < -0.39 is 0 Å². The molecule has 0 saturated heterocycles. The van der Waals surface area contributed by atoms with Crippen molar-refractivity contribution in [3.8, 4) is 51.4 Å². The zero-order chi connectivity index (χ0) is 35.6. The summed E-state index contributed by atoms with van der Waals surface area (Å²) in [5.41, 5.74) is 9.10. The average molecular weight is 691 g/mol. The van der Waals surface area contributed by atoms with E-state index in [0.717, 1.165) is 82.8 Å². The quantitative estimate of drug-likeness (QED) is 0.169. The predicted octanol–water partition coefficient (Wildman–Crippen LogP) is 11.6. The molecule has 0 fully saturated rings. The summed E-state index contributed by atoms with van der Waals surface area (Å²) in [6, 6.07) is 63.1. The Morgan fingerprint density at radius 3 is 1.46 bits per heavy atom. The third-order valence-electron chi connectivity index (χ3n) is 10.4. The predicted molar refractivity (Wildman–Crippen MR) is 220 cm³/mol. The van der Waals surface area contributed by atoms with Crippen molar-refractivity contribution in [2.45, 2.75) is 0 Å². The summed E-state index contributed by atoms with van der Waals surface area (Å²) >= 11 is 0. The Hall–Kier alpha value is -7.44. The molecule has 0 bridgehead atoms. The van der Waals surface area contributed by atoms with Crippen LogP contribution in [0.2, 0.25) is 0 Å². The smallest absolute Gasteiger partial charge is 0.238 e. The molecule has 4 aromatic heterocycles. The maximum absolute atomic E-state index is 5.45. The molecule has 0 spiro atoms. The first-order chi connectivity index (χ1) is 26.8. The van der Waals surface area contributed by atoms with Crippen LogP contribution in [-0.2, 0) is 0 Å². The zero-order valence-electron chi connectivity index (χ0n) is 29.0. The second-order valence-electron chi connectivity index (χ2n) is 13.5. The minimum Gasteiger partial charge on any atom is -0.291 e. The van der Waals surface area contributed by atoms with Crippen molar-refractivity contribution in [1.29, 1.82) is 0 Å². The van der Waals surface area contributed by atoms with Crippen molar-refractivity contribution in [3.63, 3.8) is 0 Å². The van der Waals surface area contributed by atoms with Gasteiger partial charge in [-0.1, -0.05) is 170 Å². The summed E-state index contributed by atoms with van der Waals surface area (Å²) in [7, 11) is 0. The van der Waals surface area contributed by atoms with E-state index >= 15 is 0 Å². The molecule has 0 atom stereocenters. The highest BCUT2D eigenvalue weighted by Gasteiger charge is 2.25. The van der Waals surface area contributed by atoms with Gasteiger partial charge in [0.2, 0.25) is 5.95 Å². The number of benzene rings is 7. The fraction of sp³-hybridized carbons (Fsp3) is 0. The lowest BCUT2D eigenvalue weighted by molar-refractivity contribution is 0.955. The molecule has 11 aromatic rings. The van der Waals surface area contributed by atoms with Gasteiger partial charge in [-0.2, -0.15) is 9.97 Å². The lowest BCUT2D eigenvalue weighted by Gasteiger charge is -2.15. The molecular weight excluding hydrogens is 661 g/mol. The molecule has 0 saturated carbocycles. The molecule has 6 nitrogen and oxygen atoms in total. The highest BCUT2D eigenvalue weighted by atomic mass is 15.2. The number of rotatable bonds is 5. The van der Waals surface area contributed by atoms with Gasteiger partial charge in [-0.15, -0.1) is 0 Å². The summed E-state index contributed by atoms with van der Waals surface area (Å²) < 4.78 is 4.60. The first kappa shape index (κ1) is 30.2. The van der Waals surface area contributed by atoms with Crippen LogP contribution in [0.3, 0.4) is 0 Å². The topological polar surface area (TPSA) is 60.9 Å². The number of hydrogen-bond acceptors (Lipinski definition) is 4. The Kier molecular flexibility index (Phi) is 6.75. The molecule has 6 heteroatoms. The van der Waals surface area contributed by atoms with Gasteiger partial charge in [-0.25, -0.2) is 9.97 Å². The van der Waals surface area contributed by atoms with E-state index in [9.17, 15) is 0 Å². The molecule has 54 heavy (non-hydrogen) atoms. The van der Waals surface area contributed by atoms with E-state index in [1.165, 1.54) is 0 Å². The molecule has 252 valence electrons. The summed E-state index contributed by atoms with van der Waals surface area (Å²) in [5, 5.41) is 5.60. The zero-order valence-corrected chi connectivity index (χ0v) is 29.0. The van der Waals surface area contributed by atoms with Gasteiger partial charge in [-0.3, -0.25) is 8.97 Å². The van der Waals surface area contributed by atoms with Crippen LogP contribution < -0.4 is 0 Å². The molecule has 4 heterocycles. The van der Waals surface area contributed by atoms with E-state index in [2.05, 4.69) is 130 Å². The van der Waals surface area contributed by atoms with Crippen LogP contribution in [0.5, 0.6) is 0 Å². The molecule has 0 unspecified atom stereocenters. The Morgan fingerprint density at radius 2 is 0.833 bits per heavy atom. The molecule has 0 radical (unpaired) electrons. The number of para-hydroxylation sites is 1. The van der Waals surface area contributed by atoms with Crippen LogP contribution in [0.4, 0.5) is 0 Å². The second kappa shape index (κ2) is 12.1. The SMILES string of the molecule is c1ccc(-c2nc(-c3ccccc3)nc(-n3c4ccccc4c4ccc5c(c6ccccc6c6c(-c7ccccc7)nc(-c7ccccc7)n56)c43)n2)cc1. The van der Waals surface area contributed by atoms with Gasteiger partial charge >= 0.3 is 0 Å². The second-order valence-corrected chi connectivity index (χ2v) is 13.5. The third kappa shape index (κ3) is 4.60. The van der Waals surface area contributed by atoms with Crippen LogP contribution in [0.15, 0.2) is 182 Å². The van der Waals surface area contributed by atoms with Gasteiger partial charge in [0.1, 0.15) is 5.82 Å². The van der Waals surface area contributed by atoms with Crippen LogP contribution in [-0.4, -0.2) is 28.9 Å². The van der Waals surface area contributed by atoms with Gasteiger partial charge < -0.3 is 0 Å². The lowest BCUT2D eigenvalue weighted by Crippen LogP contribution is -2.07. The van der Waals surface area contributed by atoms with Crippen molar-refractivity contribution in [2.75, 3.05) is 0 Å². The lowest BCUT2D eigenvalue weighted by atomic mass is 10.00. The van der Waals surface area contributed by atoms with Crippen LogP contribution in [0.25, 0.3) is 100 Å². The van der Waals surface area contributed by atoms with E-state index in [4.69, 9.17) is 19.9 Å². The molecule has 0 amide bonds. The van der Waals surface area contributed by atoms with E-state index in [1.54, 1.807) is 0 Å². The van der Waals surface area contributed by atoms with E-state index in [1.807, 2.05) is 60.7 Å². The number of fused-ring (bicyclic) bond motifs is 10. The third-order valence-corrected chi connectivity index (χ3v) is 10.4. The van der Waals surface area contributed by atoms with Gasteiger partial charge in [0.25, 0.3) is 0 Å². The Balaban J connectivity index is 1.34. The average Bonchev–Trinajstić information content (AvgIpc) is 3.82. The molecule has 7 aromatic carbocycles. The highest BCUT2D eigenvalue weighted by Crippen LogP contribution is 2.44. The summed E-state index contributed by atoms with van der Waals surface area (Å²) in [6.07, 6.45) is 0. The molecule has 0 aliphatic heterocycles. The minimum absolute atomic E-state index is 0.560. The molecular formula is C48H30N6. The maximum atomic E-state index is 5.45. The van der Waals surface area contributed by atoms with Crippen LogP contribution in [0, 0.1) is 0 Å². The fourth-order valence-electron chi connectivity index (χ4n) is 7.99. The molecule has 0 aliphatic rings. The van der Waals surface area contributed by atoms with Crippen LogP contribution >= 0.6 is 0 Å². The van der Waals surface area contributed by atoms with Gasteiger partial charge in [0.15, 0.2) is 11.6 Å². The maximum Gasteiger partial charge on any atom is 0.238 e. The van der Waals surface area contributed by atoms with Crippen LogP contribution in [0.1, 0.15) is 0 Å². The molecule has 0 N–H and O–H groups in total. The number of imidazole rings is 1. The summed E-state index contributed by atoms with van der Waals surface area (Å²) in [5.74, 6) is 2.68. The molecule has 0 aliphatic carbocycles. The first-order valence-electron chi connectivity index (χ1n) is 18.1. The van der Waals surface area contributed by atoms with E-state index in [-0.39, 0.29) is 0 Å². The fourth-order valence-corrected chi connectivity index (χ4v) is 7.99.